The Kier molecular flexibility index (Phi) is 4.17. The lowest BCUT2D eigenvalue weighted by molar-refractivity contribution is -0.128. The van der Waals surface area contributed by atoms with Crippen molar-refractivity contribution >= 4 is 21.8 Å². The fourth-order valence-corrected chi connectivity index (χ4v) is 4.50. The lowest BCUT2D eigenvalue weighted by Gasteiger charge is -2.33. The number of rotatable bonds is 5. The van der Waals surface area contributed by atoms with Crippen LogP contribution in [0.2, 0.25) is 0 Å². The van der Waals surface area contributed by atoms with Crippen molar-refractivity contribution in [3.8, 4) is 0 Å². The number of carbonyl (C=O) groups excluding carboxylic acids is 1. The number of nitrogens with one attached hydrogen (secondary N) is 1. The molecule has 0 aromatic rings. The Hall–Kier alpha value is -0.0500. The van der Waals surface area contributed by atoms with Crippen molar-refractivity contribution in [1.82, 2.24) is 5.32 Å². The average molecular weight is 302 g/mol. The first kappa shape index (κ1) is 13.4. The SMILES string of the molecule is CCC(CC)(CBr)NC(=O)C1CC2CCC1C2. The van der Waals surface area contributed by atoms with Crippen LogP contribution in [0.15, 0.2) is 0 Å². The number of carbonyl (C=O) groups is 1. The Labute approximate surface area is 113 Å². The maximum atomic E-state index is 12.4. The molecule has 0 aromatic carbocycles. The van der Waals surface area contributed by atoms with E-state index in [1.807, 2.05) is 0 Å². The summed E-state index contributed by atoms with van der Waals surface area (Å²) in [5.74, 6) is 2.16. The summed E-state index contributed by atoms with van der Waals surface area (Å²) in [5.41, 5.74) is -0.0289. The van der Waals surface area contributed by atoms with Crippen LogP contribution in [0, 0.1) is 17.8 Å². The molecule has 2 fully saturated rings. The standard InChI is InChI=1S/C14H24BrNO/c1-3-14(4-2,9-15)16-13(17)12-8-10-5-6-11(12)7-10/h10-12H,3-9H2,1-2H3,(H,16,17). The van der Waals surface area contributed by atoms with Crippen molar-refractivity contribution < 1.29 is 4.79 Å². The lowest BCUT2D eigenvalue weighted by atomic mass is 9.86. The van der Waals surface area contributed by atoms with Crippen LogP contribution in [0.25, 0.3) is 0 Å². The van der Waals surface area contributed by atoms with Crippen LogP contribution < -0.4 is 5.32 Å². The zero-order valence-corrected chi connectivity index (χ0v) is 12.6. The molecular formula is C14H24BrNO. The van der Waals surface area contributed by atoms with Crippen molar-refractivity contribution in [2.24, 2.45) is 17.8 Å². The molecule has 0 aliphatic heterocycles. The quantitative estimate of drug-likeness (QED) is 0.774. The normalized spacial score (nSPS) is 31.8. The van der Waals surface area contributed by atoms with Gasteiger partial charge in [0.05, 0.1) is 0 Å². The van der Waals surface area contributed by atoms with Crippen LogP contribution in [0.1, 0.15) is 52.4 Å². The summed E-state index contributed by atoms with van der Waals surface area (Å²) in [6, 6.07) is 0. The fourth-order valence-electron chi connectivity index (χ4n) is 3.57. The van der Waals surface area contributed by atoms with E-state index < -0.39 is 0 Å². The molecule has 2 aliphatic carbocycles. The van der Waals surface area contributed by atoms with Crippen LogP contribution in [-0.4, -0.2) is 16.8 Å². The molecule has 3 heteroatoms. The predicted octanol–water partition coefficient (Wildman–Crippen LogP) is 3.49. The molecule has 0 radical (unpaired) electrons. The van der Waals surface area contributed by atoms with Gasteiger partial charge in [-0.2, -0.15) is 0 Å². The minimum atomic E-state index is -0.0289. The van der Waals surface area contributed by atoms with Crippen molar-refractivity contribution in [3.63, 3.8) is 0 Å². The van der Waals surface area contributed by atoms with Gasteiger partial charge in [-0.15, -0.1) is 0 Å². The predicted molar refractivity (Wildman–Crippen MR) is 74.2 cm³/mol. The van der Waals surface area contributed by atoms with Crippen LogP contribution >= 0.6 is 15.9 Å². The average Bonchev–Trinajstić information content (AvgIpc) is 2.98. The molecule has 98 valence electrons. The van der Waals surface area contributed by atoms with Crippen LogP contribution in [0.5, 0.6) is 0 Å². The maximum Gasteiger partial charge on any atom is 0.223 e. The Balaban J connectivity index is 1.96. The fraction of sp³-hybridized carbons (Fsp3) is 0.929. The molecule has 17 heavy (non-hydrogen) atoms. The van der Waals surface area contributed by atoms with E-state index in [-0.39, 0.29) is 5.54 Å². The summed E-state index contributed by atoms with van der Waals surface area (Å²) < 4.78 is 0. The molecule has 2 aliphatic rings. The number of hydrogen-bond donors (Lipinski definition) is 1. The Morgan fingerprint density at radius 1 is 1.29 bits per heavy atom. The smallest absolute Gasteiger partial charge is 0.223 e. The summed E-state index contributed by atoms with van der Waals surface area (Å²) in [5, 5.41) is 4.18. The van der Waals surface area contributed by atoms with E-state index >= 15 is 0 Å². The van der Waals surface area contributed by atoms with Crippen molar-refractivity contribution in [3.05, 3.63) is 0 Å². The highest BCUT2D eigenvalue weighted by Gasteiger charge is 2.44. The second kappa shape index (κ2) is 5.29. The summed E-state index contributed by atoms with van der Waals surface area (Å²) >= 11 is 3.56. The molecule has 0 heterocycles. The highest BCUT2D eigenvalue weighted by molar-refractivity contribution is 9.09. The maximum absolute atomic E-state index is 12.4. The Bertz CT molecular complexity index is 280. The largest absolute Gasteiger partial charge is 0.350 e. The van der Waals surface area contributed by atoms with Gasteiger partial charge < -0.3 is 5.32 Å². The molecule has 2 nitrogen and oxygen atoms in total. The lowest BCUT2D eigenvalue weighted by Crippen LogP contribution is -2.51. The molecule has 2 rings (SSSR count). The second-order valence-corrected chi connectivity index (χ2v) is 6.45. The van der Waals surface area contributed by atoms with Crippen LogP contribution in [-0.2, 0) is 4.79 Å². The first-order valence-electron chi connectivity index (χ1n) is 7.02. The van der Waals surface area contributed by atoms with Crippen molar-refractivity contribution in [1.29, 1.82) is 0 Å². The molecule has 1 N–H and O–H groups in total. The van der Waals surface area contributed by atoms with Gasteiger partial charge >= 0.3 is 0 Å². The van der Waals surface area contributed by atoms with Gasteiger partial charge in [0.2, 0.25) is 5.91 Å². The monoisotopic (exact) mass is 301 g/mol. The van der Waals surface area contributed by atoms with E-state index in [9.17, 15) is 4.79 Å². The van der Waals surface area contributed by atoms with E-state index in [0.29, 0.717) is 17.7 Å². The highest BCUT2D eigenvalue weighted by Crippen LogP contribution is 2.48. The number of hydrogen-bond acceptors (Lipinski definition) is 1. The third-order valence-corrected chi connectivity index (χ3v) is 6.15. The third kappa shape index (κ3) is 2.54. The van der Waals surface area contributed by atoms with Crippen LogP contribution in [0.3, 0.4) is 0 Å². The Morgan fingerprint density at radius 2 is 2.00 bits per heavy atom. The number of halogens is 1. The zero-order chi connectivity index (χ0) is 12.5. The van der Waals surface area contributed by atoms with Gasteiger partial charge in [-0.3, -0.25) is 4.79 Å². The van der Waals surface area contributed by atoms with Gasteiger partial charge in [0.25, 0.3) is 0 Å². The molecule has 2 bridgehead atoms. The van der Waals surface area contributed by atoms with E-state index in [1.165, 1.54) is 19.3 Å². The summed E-state index contributed by atoms with van der Waals surface area (Å²) in [7, 11) is 0. The number of fused-ring (bicyclic) bond motifs is 2. The third-order valence-electron chi connectivity index (χ3n) is 5.07. The number of amides is 1. The molecule has 1 amide bonds. The van der Waals surface area contributed by atoms with Gasteiger partial charge in [-0.1, -0.05) is 36.2 Å². The molecule has 0 spiro atoms. The molecular weight excluding hydrogens is 278 g/mol. The molecule has 0 aromatic heterocycles. The van der Waals surface area contributed by atoms with Gasteiger partial charge in [-0.25, -0.2) is 0 Å². The van der Waals surface area contributed by atoms with Gasteiger partial charge in [0, 0.05) is 16.8 Å². The zero-order valence-electron chi connectivity index (χ0n) is 11.0. The Morgan fingerprint density at radius 3 is 2.41 bits per heavy atom. The van der Waals surface area contributed by atoms with E-state index in [4.69, 9.17) is 0 Å². The van der Waals surface area contributed by atoms with E-state index in [0.717, 1.165) is 30.5 Å². The van der Waals surface area contributed by atoms with E-state index in [2.05, 4.69) is 35.1 Å². The van der Waals surface area contributed by atoms with Gasteiger partial charge in [0.15, 0.2) is 0 Å². The molecule has 2 saturated carbocycles. The minimum absolute atomic E-state index is 0.0289. The summed E-state index contributed by atoms with van der Waals surface area (Å²) in [6.45, 7) is 4.32. The first-order valence-corrected chi connectivity index (χ1v) is 8.14. The highest BCUT2D eigenvalue weighted by atomic mass is 79.9. The first-order chi connectivity index (χ1) is 8.14. The molecule has 0 saturated heterocycles. The van der Waals surface area contributed by atoms with Crippen molar-refractivity contribution in [2.75, 3.05) is 5.33 Å². The summed E-state index contributed by atoms with van der Waals surface area (Å²) in [6.07, 6.45) is 7.09. The summed E-state index contributed by atoms with van der Waals surface area (Å²) in [4.78, 5) is 12.4. The van der Waals surface area contributed by atoms with E-state index in [1.54, 1.807) is 0 Å². The minimum Gasteiger partial charge on any atom is -0.350 e. The molecule has 3 atom stereocenters. The number of alkyl halides is 1. The van der Waals surface area contributed by atoms with Gasteiger partial charge in [0.1, 0.15) is 0 Å². The van der Waals surface area contributed by atoms with Crippen molar-refractivity contribution in [2.45, 2.75) is 57.9 Å². The van der Waals surface area contributed by atoms with Crippen LogP contribution in [0.4, 0.5) is 0 Å². The topological polar surface area (TPSA) is 29.1 Å². The second-order valence-electron chi connectivity index (χ2n) is 5.89. The molecule has 3 unspecified atom stereocenters. The van der Waals surface area contributed by atoms with Gasteiger partial charge in [-0.05, 0) is 43.9 Å².